The molecule has 0 saturated heterocycles. The first kappa shape index (κ1) is 10.7. The minimum atomic E-state index is -0.491. The van der Waals surface area contributed by atoms with Crippen LogP contribution >= 0.6 is 15.9 Å². The van der Waals surface area contributed by atoms with Crippen molar-refractivity contribution >= 4 is 22.0 Å². The third-order valence-electron chi connectivity index (χ3n) is 1.50. The van der Waals surface area contributed by atoms with Crippen LogP contribution in [0.15, 0.2) is 47.1 Å². The molecule has 0 spiro atoms. The summed E-state index contributed by atoms with van der Waals surface area (Å²) in [6.07, 6.45) is 4.82. The van der Waals surface area contributed by atoms with Crippen LogP contribution in [0, 0.1) is 10.1 Å². The van der Waals surface area contributed by atoms with Crippen LogP contribution in [0.1, 0.15) is 5.56 Å². The molecule has 3 nitrogen and oxygen atoms in total. The van der Waals surface area contributed by atoms with Crippen LogP contribution < -0.4 is 0 Å². The molecule has 0 fully saturated rings. The lowest BCUT2D eigenvalue weighted by molar-refractivity contribution is -0.408. The summed E-state index contributed by atoms with van der Waals surface area (Å²) in [5, 5.41) is 10.2. The summed E-state index contributed by atoms with van der Waals surface area (Å²) in [6, 6.07) is 9.58. The van der Waals surface area contributed by atoms with Gasteiger partial charge in [-0.1, -0.05) is 42.5 Å². The predicted molar refractivity (Wildman–Crippen MR) is 59.5 cm³/mol. The van der Waals surface area contributed by atoms with E-state index in [1.54, 1.807) is 12.2 Å². The highest BCUT2D eigenvalue weighted by molar-refractivity contribution is 9.11. The van der Waals surface area contributed by atoms with E-state index in [0.29, 0.717) is 0 Å². The molecule has 0 saturated carbocycles. The molecule has 0 aliphatic carbocycles. The average molecular weight is 254 g/mol. The second kappa shape index (κ2) is 5.34. The molecule has 0 unspecified atom stereocenters. The highest BCUT2D eigenvalue weighted by Gasteiger charge is 1.99. The van der Waals surface area contributed by atoms with Gasteiger partial charge in [0.2, 0.25) is 0 Å². The van der Waals surface area contributed by atoms with Crippen LogP contribution in [-0.4, -0.2) is 4.92 Å². The summed E-state index contributed by atoms with van der Waals surface area (Å²) < 4.78 is -0.0512. The number of nitrogens with zero attached hydrogens (tertiary/aromatic N) is 1. The summed E-state index contributed by atoms with van der Waals surface area (Å²) in [4.78, 5) is 9.71. The molecule has 1 rings (SSSR count). The highest BCUT2D eigenvalue weighted by Crippen LogP contribution is 2.06. The maximum Gasteiger partial charge on any atom is 0.310 e. The summed E-state index contributed by atoms with van der Waals surface area (Å²) in [6.45, 7) is 0. The second-order valence-electron chi connectivity index (χ2n) is 2.52. The second-order valence-corrected chi connectivity index (χ2v) is 3.33. The Kier molecular flexibility index (Phi) is 4.07. The molecule has 0 aliphatic rings. The number of hydrogen-bond donors (Lipinski definition) is 0. The first-order valence-electron chi connectivity index (χ1n) is 3.93. The van der Waals surface area contributed by atoms with Crippen LogP contribution in [0.2, 0.25) is 0 Å². The summed E-state index contributed by atoms with van der Waals surface area (Å²) in [5.74, 6) is 0. The Morgan fingerprint density at radius 2 is 2.00 bits per heavy atom. The third-order valence-corrected chi connectivity index (χ3v) is 2.05. The molecule has 0 bridgehead atoms. The molecule has 1 aromatic rings. The molecular weight excluding hydrogens is 246 g/mol. The van der Waals surface area contributed by atoms with Gasteiger partial charge in [-0.05, 0) is 5.56 Å². The van der Waals surface area contributed by atoms with E-state index in [9.17, 15) is 10.1 Å². The van der Waals surface area contributed by atoms with Crippen LogP contribution in [0.3, 0.4) is 0 Å². The molecule has 72 valence electrons. The van der Waals surface area contributed by atoms with E-state index in [2.05, 4.69) is 15.9 Å². The maximum atomic E-state index is 10.2. The van der Waals surface area contributed by atoms with Gasteiger partial charge in [-0.3, -0.25) is 10.1 Å². The lowest BCUT2D eigenvalue weighted by Crippen LogP contribution is -1.88. The SMILES string of the molecule is O=[N+]([O-])C(Br)=CC=Cc1ccccc1. The van der Waals surface area contributed by atoms with E-state index in [-0.39, 0.29) is 4.61 Å². The average Bonchev–Trinajstić information content (AvgIpc) is 2.19. The van der Waals surface area contributed by atoms with Gasteiger partial charge in [0.1, 0.15) is 0 Å². The first-order valence-corrected chi connectivity index (χ1v) is 4.73. The Labute approximate surface area is 90.0 Å². The zero-order chi connectivity index (χ0) is 10.4. The van der Waals surface area contributed by atoms with Crippen molar-refractivity contribution in [2.75, 3.05) is 0 Å². The Morgan fingerprint density at radius 1 is 1.36 bits per heavy atom. The van der Waals surface area contributed by atoms with E-state index in [1.165, 1.54) is 6.08 Å². The molecule has 0 N–H and O–H groups in total. The minimum Gasteiger partial charge on any atom is -0.258 e. The van der Waals surface area contributed by atoms with Gasteiger partial charge in [0.25, 0.3) is 0 Å². The normalized spacial score (nSPS) is 11.9. The van der Waals surface area contributed by atoms with Crippen molar-refractivity contribution < 1.29 is 4.92 Å². The van der Waals surface area contributed by atoms with Gasteiger partial charge < -0.3 is 0 Å². The fourth-order valence-electron chi connectivity index (χ4n) is 0.864. The molecule has 4 heteroatoms. The standard InChI is InChI=1S/C10H8BrNO2/c11-10(12(13)14)8-4-7-9-5-2-1-3-6-9/h1-8H. The number of rotatable bonds is 3. The van der Waals surface area contributed by atoms with E-state index in [1.807, 2.05) is 30.3 Å². The number of hydrogen-bond acceptors (Lipinski definition) is 2. The van der Waals surface area contributed by atoms with Gasteiger partial charge >= 0.3 is 4.61 Å². The highest BCUT2D eigenvalue weighted by atomic mass is 79.9. The summed E-state index contributed by atoms with van der Waals surface area (Å²) in [5.41, 5.74) is 1.01. The van der Waals surface area contributed by atoms with E-state index in [0.717, 1.165) is 5.56 Å². The van der Waals surface area contributed by atoms with Crippen LogP contribution in [-0.2, 0) is 0 Å². The van der Waals surface area contributed by atoms with Crippen molar-refractivity contribution in [1.29, 1.82) is 0 Å². The van der Waals surface area contributed by atoms with E-state index < -0.39 is 4.92 Å². The van der Waals surface area contributed by atoms with Crippen molar-refractivity contribution in [1.82, 2.24) is 0 Å². The molecule has 0 atom stereocenters. The number of nitro groups is 1. The molecule has 0 aromatic heterocycles. The summed E-state index contributed by atoms with van der Waals surface area (Å²) in [7, 11) is 0. The lowest BCUT2D eigenvalue weighted by atomic mass is 10.2. The zero-order valence-electron chi connectivity index (χ0n) is 7.26. The van der Waals surface area contributed by atoms with E-state index >= 15 is 0 Å². The van der Waals surface area contributed by atoms with Crippen molar-refractivity contribution in [2.24, 2.45) is 0 Å². The number of benzene rings is 1. The minimum absolute atomic E-state index is 0.0512. The Balaban J connectivity index is 2.66. The molecule has 0 heterocycles. The monoisotopic (exact) mass is 253 g/mol. The van der Waals surface area contributed by atoms with Crippen LogP contribution in [0.4, 0.5) is 0 Å². The largest absolute Gasteiger partial charge is 0.310 e. The molecule has 0 radical (unpaired) electrons. The quantitative estimate of drug-likeness (QED) is 0.359. The molecule has 1 aromatic carbocycles. The van der Waals surface area contributed by atoms with Gasteiger partial charge in [-0.2, -0.15) is 0 Å². The van der Waals surface area contributed by atoms with Crippen molar-refractivity contribution in [2.45, 2.75) is 0 Å². The van der Waals surface area contributed by atoms with Crippen LogP contribution in [0.5, 0.6) is 0 Å². The van der Waals surface area contributed by atoms with Gasteiger partial charge in [0, 0.05) is 22.0 Å². The van der Waals surface area contributed by atoms with Crippen molar-refractivity contribution in [3.05, 3.63) is 62.8 Å². The predicted octanol–water partition coefficient (Wildman–Crippen LogP) is 3.21. The Hall–Kier alpha value is -1.42. The lowest BCUT2D eigenvalue weighted by Gasteiger charge is -1.88. The smallest absolute Gasteiger partial charge is 0.258 e. The number of allylic oxidation sites excluding steroid dienone is 2. The van der Waals surface area contributed by atoms with Gasteiger partial charge in [0.15, 0.2) is 0 Å². The zero-order valence-corrected chi connectivity index (χ0v) is 8.85. The molecule has 0 amide bonds. The van der Waals surface area contributed by atoms with Crippen molar-refractivity contribution in [3.63, 3.8) is 0 Å². The van der Waals surface area contributed by atoms with Gasteiger partial charge in [-0.15, -0.1) is 0 Å². The van der Waals surface area contributed by atoms with Crippen molar-refractivity contribution in [3.8, 4) is 0 Å². The molecular formula is C10H8BrNO2. The molecule has 14 heavy (non-hydrogen) atoms. The van der Waals surface area contributed by atoms with Gasteiger partial charge in [-0.25, -0.2) is 0 Å². The maximum absolute atomic E-state index is 10.2. The number of halogens is 1. The fourth-order valence-corrected chi connectivity index (χ4v) is 1.02. The summed E-state index contributed by atoms with van der Waals surface area (Å²) >= 11 is 2.83. The van der Waals surface area contributed by atoms with E-state index in [4.69, 9.17) is 0 Å². The third kappa shape index (κ3) is 3.53. The Morgan fingerprint density at radius 3 is 2.57 bits per heavy atom. The topological polar surface area (TPSA) is 43.1 Å². The van der Waals surface area contributed by atoms with Gasteiger partial charge in [0.05, 0.1) is 4.92 Å². The molecule has 0 aliphatic heterocycles. The Bertz CT molecular complexity index is 371. The fraction of sp³-hybridized carbons (Fsp3) is 0. The van der Waals surface area contributed by atoms with Crippen LogP contribution in [0.25, 0.3) is 6.08 Å². The first-order chi connectivity index (χ1) is 6.70.